The first-order chi connectivity index (χ1) is 6.60. The van der Waals surface area contributed by atoms with Gasteiger partial charge in [0.15, 0.2) is 0 Å². The highest BCUT2D eigenvalue weighted by Gasteiger charge is 2.38. The van der Waals surface area contributed by atoms with Gasteiger partial charge in [-0.25, -0.2) is 4.79 Å². The molecule has 1 aliphatic heterocycles. The van der Waals surface area contributed by atoms with Crippen molar-refractivity contribution in [2.75, 3.05) is 27.3 Å². The average Bonchev–Trinajstić information content (AvgIpc) is 2.13. The lowest BCUT2D eigenvalue weighted by Gasteiger charge is -2.39. The second-order valence-corrected chi connectivity index (χ2v) is 3.18. The van der Waals surface area contributed by atoms with Crippen molar-refractivity contribution in [1.82, 2.24) is 4.90 Å². The number of carbonyl (C=O) groups is 2. The normalized spacial score (nSPS) is 18.4. The molecule has 2 N–H and O–H groups in total. The van der Waals surface area contributed by atoms with Gasteiger partial charge in [-0.1, -0.05) is 0 Å². The molecule has 6 nitrogen and oxygen atoms in total. The molecule has 0 aromatic rings. The lowest BCUT2D eigenvalue weighted by atomic mass is 9.93. The van der Waals surface area contributed by atoms with E-state index < -0.39 is 18.1 Å². The molecule has 1 rings (SSSR count). The summed E-state index contributed by atoms with van der Waals surface area (Å²) < 4.78 is 8.99. The molecular weight excluding hydrogens is 188 g/mol. The first-order valence-electron chi connectivity index (χ1n) is 4.26. The lowest BCUT2D eigenvalue weighted by Crippen LogP contribution is -2.58. The first kappa shape index (κ1) is 10.8. The number of carbonyl (C=O) groups excluding carboxylic acids is 2. The maximum atomic E-state index is 11.0. The third-order valence-electron chi connectivity index (χ3n) is 2.32. The van der Waals surface area contributed by atoms with Crippen molar-refractivity contribution in [1.29, 1.82) is 0 Å². The number of esters is 1. The molecule has 1 fully saturated rings. The number of nitrogens with zero attached hydrogens (tertiary/aromatic N) is 1. The van der Waals surface area contributed by atoms with Crippen molar-refractivity contribution in [3.63, 3.8) is 0 Å². The Morgan fingerprint density at radius 3 is 2.36 bits per heavy atom. The zero-order chi connectivity index (χ0) is 10.7. The van der Waals surface area contributed by atoms with Crippen molar-refractivity contribution in [2.45, 2.75) is 6.04 Å². The highest BCUT2D eigenvalue weighted by atomic mass is 16.5. The van der Waals surface area contributed by atoms with E-state index in [1.165, 1.54) is 19.1 Å². The topological polar surface area (TPSA) is 81.9 Å². The first-order valence-corrected chi connectivity index (χ1v) is 4.26. The highest BCUT2D eigenvalue weighted by molar-refractivity contribution is 5.76. The largest absolute Gasteiger partial charge is 0.468 e. The minimum atomic E-state index is -0.652. The number of hydrogen-bond donors (Lipinski definition) is 1. The molecule has 1 amide bonds. The van der Waals surface area contributed by atoms with Crippen LogP contribution in [0.5, 0.6) is 0 Å². The lowest BCUT2D eigenvalue weighted by molar-refractivity contribution is -0.145. The highest BCUT2D eigenvalue weighted by Crippen LogP contribution is 2.19. The molecule has 0 aromatic carbocycles. The maximum Gasteiger partial charge on any atom is 0.409 e. The van der Waals surface area contributed by atoms with Crippen LogP contribution < -0.4 is 5.73 Å². The molecular formula is C8H14N2O4. The Morgan fingerprint density at radius 2 is 1.93 bits per heavy atom. The second kappa shape index (κ2) is 4.28. The van der Waals surface area contributed by atoms with Crippen molar-refractivity contribution >= 4 is 12.1 Å². The molecule has 1 saturated heterocycles. The van der Waals surface area contributed by atoms with Crippen LogP contribution in [0.4, 0.5) is 4.79 Å². The Morgan fingerprint density at radius 1 is 1.36 bits per heavy atom. The van der Waals surface area contributed by atoms with E-state index in [0.717, 1.165) is 0 Å². The zero-order valence-electron chi connectivity index (χ0n) is 8.23. The smallest absolute Gasteiger partial charge is 0.409 e. The Kier molecular flexibility index (Phi) is 3.29. The Bertz CT molecular complexity index is 237. The fourth-order valence-corrected chi connectivity index (χ4v) is 1.35. The van der Waals surface area contributed by atoms with Crippen molar-refractivity contribution < 1.29 is 19.1 Å². The van der Waals surface area contributed by atoms with Crippen LogP contribution in [0, 0.1) is 5.92 Å². The molecule has 0 radical (unpaired) electrons. The van der Waals surface area contributed by atoms with Crippen LogP contribution in [0.15, 0.2) is 0 Å². The van der Waals surface area contributed by atoms with Gasteiger partial charge in [0.1, 0.15) is 6.04 Å². The molecule has 0 spiro atoms. The minimum Gasteiger partial charge on any atom is -0.468 e. The van der Waals surface area contributed by atoms with E-state index in [9.17, 15) is 9.59 Å². The summed E-state index contributed by atoms with van der Waals surface area (Å²) in [5.74, 6) is -0.471. The molecule has 0 aromatic heterocycles. The summed E-state index contributed by atoms with van der Waals surface area (Å²) in [6, 6.07) is -0.652. The van der Waals surface area contributed by atoms with Crippen LogP contribution in [0.3, 0.4) is 0 Å². The number of likely N-dealkylation sites (tertiary alicyclic amines) is 1. The number of rotatable bonds is 2. The summed E-state index contributed by atoms with van der Waals surface area (Å²) in [6.45, 7) is 0.895. The van der Waals surface area contributed by atoms with Gasteiger partial charge in [0.25, 0.3) is 0 Å². The molecule has 14 heavy (non-hydrogen) atoms. The monoisotopic (exact) mass is 202 g/mol. The molecule has 0 aliphatic carbocycles. The van der Waals surface area contributed by atoms with Gasteiger partial charge in [-0.05, 0) is 0 Å². The molecule has 0 saturated carbocycles. The summed E-state index contributed by atoms with van der Waals surface area (Å²) >= 11 is 0. The second-order valence-electron chi connectivity index (χ2n) is 3.18. The van der Waals surface area contributed by atoms with Crippen LogP contribution >= 0.6 is 0 Å². The molecule has 6 heteroatoms. The van der Waals surface area contributed by atoms with Gasteiger partial charge in [-0.3, -0.25) is 4.79 Å². The van der Waals surface area contributed by atoms with Gasteiger partial charge in [0, 0.05) is 19.0 Å². The summed E-state index contributed by atoms with van der Waals surface area (Å²) in [5.41, 5.74) is 5.58. The van der Waals surface area contributed by atoms with Gasteiger partial charge in [0.2, 0.25) is 0 Å². The summed E-state index contributed by atoms with van der Waals surface area (Å²) in [5, 5.41) is 0. The zero-order valence-corrected chi connectivity index (χ0v) is 8.23. The molecule has 0 unspecified atom stereocenters. The Balaban J connectivity index is 2.34. The van der Waals surface area contributed by atoms with Crippen LogP contribution in [0.1, 0.15) is 0 Å². The molecule has 1 aliphatic rings. The predicted molar refractivity (Wildman–Crippen MR) is 47.5 cm³/mol. The summed E-state index contributed by atoms with van der Waals surface area (Å²) in [6.07, 6.45) is -0.390. The van der Waals surface area contributed by atoms with Gasteiger partial charge in [0.05, 0.1) is 14.2 Å². The fraction of sp³-hybridized carbons (Fsp3) is 0.750. The van der Waals surface area contributed by atoms with E-state index in [0.29, 0.717) is 13.1 Å². The van der Waals surface area contributed by atoms with Gasteiger partial charge >= 0.3 is 12.1 Å². The van der Waals surface area contributed by atoms with Crippen LogP contribution in [-0.2, 0) is 14.3 Å². The molecule has 80 valence electrons. The van der Waals surface area contributed by atoms with E-state index >= 15 is 0 Å². The Labute approximate surface area is 81.9 Å². The van der Waals surface area contributed by atoms with Crippen molar-refractivity contribution in [3.8, 4) is 0 Å². The van der Waals surface area contributed by atoms with Gasteiger partial charge in [-0.2, -0.15) is 0 Å². The molecule has 1 atom stereocenters. The fourth-order valence-electron chi connectivity index (χ4n) is 1.35. The standard InChI is InChI=1S/C8H14N2O4/c1-13-7(11)6(9)5-3-10(4-5)8(12)14-2/h5-6H,3-4,9H2,1-2H3/t6-/m0/s1. The third-order valence-corrected chi connectivity index (χ3v) is 2.32. The third kappa shape index (κ3) is 1.95. The number of nitrogens with two attached hydrogens (primary N) is 1. The number of ether oxygens (including phenoxy) is 2. The summed E-state index contributed by atoms with van der Waals surface area (Å²) in [4.78, 5) is 23.4. The number of amides is 1. The van der Waals surface area contributed by atoms with E-state index in [1.54, 1.807) is 0 Å². The minimum absolute atomic E-state index is 0.0263. The number of hydrogen-bond acceptors (Lipinski definition) is 5. The molecule has 1 heterocycles. The summed E-state index contributed by atoms with van der Waals surface area (Å²) in [7, 11) is 2.61. The van der Waals surface area contributed by atoms with Crippen LogP contribution in [0.25, 0.3) is 0 Å². The maximum absolute atomic E-state index is 11.0. The molecule has 0 bridgehead atoms. The quantitative estimate of drug-likeness (QED) is 0.592. The van der Waals surface area contributed by atoms with Gasteiger partial charge < -0.3 is 20.1 Å². The van der Waals surface area contributed by atoms with E-state index in [1.807, 2.05) is 0 Å². The Hall–Kier alpha value is -1.30. The SMILES string of the molecule is COC(=O)[C@@H](N)C1CN(C(=O)OC)C1. The predicted octanol–water partition coefficient (Wildman–Crippen LogP) is -0.815. The number of methoxy groups -OCH3 is 2. The van der Waals surface area contributed by atoms with E-state index in [2.05, 4.69) is 9.47 Å². The van der Waals surface area contributed by atoms with E-state index in [-0.39, 0.29) is 5.92 Å². The van der Waals surface area contributed by atoms with Gasteiger partial charge in [-0.15, -0.1) is 0 Å². The van der Waals surface area contributed by atoms with E-state index in [4.69, 9.17) is 5.73 Å². The average molecular weight is 202 g/mol. The van der Waals surface area contributed by atoms with Crippen molar-refractivity contribution in [2.24, 2.45) is 11.7 Å². The van der Waals surface area contributed by atoms with Crippen LogP contribution in [0.2, 0.25) is 0 Å². The van der Waals surface area contributed by atoms with Crippen molar-refractivity contribution in [3.05, 3.63) is 0 Å². The van der Waals surface area contributed by atoms with Crippen LogP contribution in [-0.4, -0.2) is 50.3 Å².